The van der Waals surface area contributed by atoms with Crippen LogP contribution < -0.4 is 5.32 Å². The number of nitrogens with zero attached hydrogens (tertiary/aromatic N) is 1. The molecule has 1 saturated heterocycles. The van der Waals surface area contributed by atoms with Gasteiger partial charge in [0, 0.05) is 25.7 Å². The maximum Gasteiger partial charge on any atom is 0.0195 e. The molecule has 0 aromatic heterocycles. The minimum absolute atomic E-state index is 0.740. The molecule has 1 aliphatic carbocycles. The van der Waals surface area contributed by atoms with Gasteiger partial charge in [0.05, 0.1) is 0 Å². The van der Waals surface area contributed by atoms with Crippen molar-refractivity contribution in [3.63, 3.8) is 0 Å². The van der Waals surface area contributed by atoms with Crippen LogP contribution in [0.4, 0.5) is 0 Å². The lowest BCUT2D eigenvalue weighted by Gasteiger charge is -2.40. The molecule has 1 N–H and O–H groups in total. The highest BCUT2D eigenvalue weighted by molar-refractivity contribution is 4.84. The van der Waals surface area contributed by atoms with Crippen LogP contribution in [0.15, 0.2) is 0 Å². The van der Waals surface area contributed by atoms with Crippen molar-refractivity contribution >= 4 is 0 Å². The third kappa shape index (κ3) is 2.94. The summed E-state index contributed by atoms with van der Waals surface area (Å²) < 4.78 is 0. The van der Waals surface area contributed by atoms with Gasteiger partial charge >= 0.3 is 0 Å². The summed E-state index contributed by atoms with van der Waals surface area (Å²) in [7, 11) is 2.12. The Morgan fingerprint density at radius 3 is 2.53 bits per heavy atom. The number of rotatable bonds is 4. The molecule has 2 aliphatic rings. The topological polar surface area (TPSA) is 15.3 Å². The predicted octanol–water partition coefficient (Wildman–Crippen LogP) is 2.11. The Morgan fingerprint density at radius 1 is 1.20 bits per heavy atom. The highest BCUT2D eigenvalue weighted by Crippen LogP contribution is 2.29. The minimum Gasteiger partial charge on any atom is -0.316 e. The van der Waals surface area contributed by atoms with Gasteiger partial charge in [0.1, 0.15) is 0 Å². The fourth-order valence-electron chi connectivity index (χ4n) is 3.00. The van der Waals surface area contributed by atoms with Gasteiger partial charge in [0.15, 0.2) is 0 Å². The van der Waals surface area contributed by atoms with E-state index in [0.29, 0.717) is 0 Å². The largest absolute Gasteiger partial charge is 0.316 e. The molecule has 2 fully saturated rings. The molecule has 1 aliphatic heterocycles. The van der Waals surface area contributed by atoms with E-state index in [4.69, 9.17) is 0 Å². The third-order valence-electron chi connectivity index (χ3n) is 4.34. The Bertz CT molecular complexity index is 174. The first kappa shape index (κ1) is 11.4. The summed E-state index contributed by atoms with van der Waals surface area (Å²) in [6.07, 6.45) is 7.17. The molecule has 88 valence electrons. The molecular weight excluding hydrogens is 184 g/mol. The van der Waals surface area contributed by atoms with E-state index in [1.165, 1.54) is 51.7 Å². The second-order valence-corrected chi connectivity index (χ2v) is 5.51. The Morgan fingerprint density at radius 2 is 2.00 bits per heavy atom. The van der Waals surface area contributed by atoms with Crippen molar-refractivity contribution in [2.75, 3.05) is 26.7 Å². The Kier molecular flexibility index (Phi) is 4.04. The number of nitrogens with one attached hydrogen (secondary N) is 1. The lowest BCUT2D eigenvalue weighted by molar-refractivity contribution is 0.103. The summed E-state index contributed by atoms with van der Waals surface area (Å²) in [5.74, 6) is 1.95. The van der Waals surface area contributed by atoms with Gasteiger partial charge in [0.25, 0.3) is 0 Å². The van der Waals surface area contributed by atoms with Crippen LogP contribution in [-0.4, -0.2) is 37.6 Å². The standard InChI is InChI=1S/C13H26N2/c1-3-11-7-13(14-2)10-15(8-11)9-12-5-4-6-12/h11-14H,3-10H2,1-2H3. The fraction of sp³-hybridized carbons (Fsp3) is 1.00. The molecule has 2 unspecified atom stereocenters. The van der Waals surface area contributed by atoms with Crippen LogP contribution in [0.2, 0.25) is 0 Å². The zero-order valence-corrected chi connectivity index (χ0v) is 10.3. The van der Waals surface area contributed by atoms with Gasteiger partial charge < -0.3 is 10.2 Å². The molecule has 2 nitrogen and oxygen atoms in total. The van der Waals surface area contributed by atoms with E-state index < -0.39 is 0 Å². The average molecular weight is 210 g/mol. The van der Waals surface area contributed by atoms with E-state index in [-0.39, 0.29) is 0 Å². The third-order valence-corrected chi connectivity index (χ3v) is 4.34. The molecule has 0 spiro atoms. The van der Waals surface area contributed by atoms with Crippen molar-refractivity contribution in [2.24, 2.45) is 11.8 Å². The maximum atomic E-state index is 3.47. The normalized spacial score (nSPS) is 34.0. The first-order valence-corrected chi connectivity index (χ1v) is 6.71. The minimum atomic E-state index is 0.740. The first-order chi connectivity index (χ1) is 7.31. The highest BCUT2D eigenvalue weighted by Gasteiger charge is 2.28. The van der Waals surface area contributed by atoms with E-state index in [2.05, 4.69) is 24.2 Å². The fourth-order valence-corrected chi connectivity index (χ4v) is 3.00. The van der Waals surface area contributed by atoms with Crippen LogP contribution in [0, 0.1) is 11.8 Å². The number of piperidine rings is 1. The lowest BCUT2D eigenvalue weighted by atomic mass is 9.83. The first-order valence-electron chi connectivity index (χ1n) is 6.71. The van der Waals surface area contributed by atoms with Gasteiger partial charge in [-0.1, -0.05) is 19.8 Å². The van der Waals surface area contributed by atoms with E-state index in [9.17, 15) is 0 Å². The summed E-state index contributed by atoms with van der Waals surface area (Å²) in [6, 6.07) is 0.740. The summed E-state index contributed by atoms with van der Waals surface area (Å²) in [5, 5.41) is 3.47. The summed E-state index contributed by atoms with van der Waals surface area (Å²) in [6.45, 7) is 6.34. The van der Waals surface area contributed by atoms with E-state index >= 15 is 0 Å². The van der Waals surface area contributed by atoms with Crippen LogP contribution in [0.1, 0.15) is 39.0 Å². The average Bonchev–Trinajstić information content (AvgIpc) is 2.23. The van der Waals surface area contributed by atoms with Crippen LogP contribution in [-0.2, 0) is 0 Å². The molecule has 0 aromatic carbocycles. The molecule has 2 heteroatoms. The SMILES string of the molecule is CCC1CC(NC)CN(CC2CCC2)C1. The molecular formula is C13H26N2. The molecule has 1 saturated carbocycles. The molecule has 0 radical (unpaired) electrons. The van der Waals surface area contributed by atoms with Crippen LogP contribution in [0.5, 0.6) is 0 Å². The second-order valence-electron chi connectivity index (χ2n) is 5.51. The number of likely N-dealkylation sites (N-methyl/N-ethyl adjacent to an activating group) is 1. The van der Waals surface area contributed by atoms with Crippen molar-refractivity contribution in [3.8, 4) is 0 Å². The molecule has 0 aromatic rings. The van der Waals surface area contributed by atoms with E-state index in [1.807, 2.05) is 0 Å². The Labute approximate surface area is 94.4 Å². The highest BCUT2D eigenvalue weighted by atomic mass is 15.2. The molecule has 2 atom stereocenters. The monoisotopic (exact) mass is 210 g/mol. The van der Waals surface area contributed by atoms with Crippen LogP contribution in [0.3, 0.4) is 0 Å². The van der Waals surface area contributed by atoms with Crippen molar-refractivity contribution < 1.29 is 0 Å². The van der Waals surface area contributed by atoms with Crippen molar-refractivity contribution in [1.29, 1.82) is 0 Å². The van der Waals surface area contributed by atoms with E-state index in [0.717, 1.165) is 17.9 Å². The van der Waals surface area contributed by atoms with Gasteiger partial charge in [-0.15, -0.1) is 0 Å². The van der Waals surface area contributed by atoms with Gasteiger partial charge in [-0.2, -0.15) is 0 Å². The zero-order chi connectivity index (χ0) is 10.7. The Hall–Kier alpha value is -0.0800. The number of likely N-dealkylation sites (tertiary alicyclic amines) is 1. The van der Waals surface area contributed by atoms with Gasteiger partial charge in [0.2, 0.25) is 0 Å². The lowest BCUT2D eigenvalue weighted by Crippen LogP contribution is -2.49. The molecule has 15 heavy (non-hydrogen) atoms. The smallest absolute Gasteiger partial charge is 0.0195 e. The molecule has 1 heterocycles. The molecule has 2 rings (SSSR count). The summed E-state index contributed by atoms with van der Waals surface area (Å²) in [5.41, 5.74) is 0. The van der Waals surface area contributed by atoms with Crippen molar-refractivity contribution in [3.05, 3.63) is 0 Å². The second kappa shape index (κ2) is 5.31. The Balaban J connectivity index is 1.81. The van der Waals surface area contributed by atoms with Crippen molar-refractivity contribution in [2.45, 2.75) is 45.1 Å². The summed E-state index contributed by atoms with van der Waals surface area (Å²) >= 11 is 0. The number of hydrogen-bond acceptors (Lipinski definition) is 2. The van der Waals surface area contributed by atoms with Gasteiger partial charge in [-0.25, -0.2) is 0 Å². The molecule has 0 bridgehead atoms. The van der Waals surface area contributed by atoms with Crippen molar-refractivity contribution in [1.82, 2.24) is 10.2 Å². The quantitative estimate of drug-likeness (QED) is 0.764. The number of hydrogen-bond donors (Lipinski definition) is 1. The van der Waals surface area contributed by atoms with E-state index in [1.54, 1.807) is 0 Å². The maximum absolute atomic E-state index is 3.47. The predicted molar refractivity (Wildman–Crippen MR) is 65.0 cm³/mol. The molecule has 0 amide bonds. The van der Waals surface area contributed by atoms with Crippen LogP contribution in [0.25, 0.3) is 0 Å². The van der Waals surface area contributed by atoms with Gasteiger partial charge in [-0.05, 0) is 38.1 Å². The van der Waals surface area contributed by atoms with Crippen LogP contribution >= 0.6 is 0 Å². The zero-order valence-electron chi connectivity index (χ0n) is 10.3. The summed E-state index contributed by atoms with van der Waals surface area (Å²) in [4.78, 5) is 2.71. The van der Waals surface area contributed by atoms with Gasteiger partial charge in [-0.3, -0.25) is 0 Å².